The van der Waals surface area contributed by atoms with E-state index in [4.69, 9.17) is 21.9 Å². The van der Waals surface area contributed by atoms with E-state index in [9.17, 15) is 5.11 Å². The molecule has 0 fully saturated rings. The predicted octanol–water partition coefficient (Wildman–Crippen LogP) is 3.47. The van der Waals surface area contributed by atoms with Gasteiger partial charge in [0.1, 0.15) is 5.75 Å². The van der Waals surface area contributed by atoms with Crippen molar-refractivity contribution in [1.82, 2.24) is 5.16 Å². The maximum atomic E-state index is 10.4. The molecule has 1 aromatic carbocycles. The van der Waals surface area contributed by atoms with Gasteiger partial charge in [-0.3, -0.25) is 0 Å². The van der Waals surface area contributed by atoms with Crippen LogP contribution in [0.1, 0.15) is 29.5 Å². The normalized spacial score (nSPS) is 14.4. The SMILES string of the molecule is Cc1c2c(c(Cl)c(O)c1-c1cnoc1N)CCCC2. The molecule has 0 radical (unpaired) electrons. The Hall–Kier alpha value is -1.68. The van der Waals surface area contributed by atoms with Crippen LogP contribution in [0.2, 0.25) is 5.02 Å². The van der Waals surface area contributed by atoms with Crippen molar-refractivity contribution >= 4 is 17.5 Å². The van der Waals surface area contributed by atoms with Gasteiger partial charge in [-0.05, 0) is 49.3 Å². The highest BCUT2D eigenvalue weighted by Crippen LogP contribution is 2.46. The summed E-state index contributed by atoms with van der Waals surface area (Å²) in [5.74, 6) is 0.278. The molecule has 3 N–H and O–H groups in total. The predicted molar refractivity (Wildman–Crippen MR) is 74.4 cm³/mol. The van der Waals surface area contributed by atoms with Crippen LogP contribution in [0.5, 0.6) is 5.75 Å². The second-order valence-electron chi connectivity index (χ2n) is 4.93. The number of aromatic hydroxyl groups is 1. The lowest BCUT2D eigenvalue weighted by Gasteiger charge is -2.23. The molecule has 1 heterocycles. The molecule has 5 heteroatoms. The van der Waals surface area contributed by atoms with Crippen LogP contribution in [0, 0.1) is 6.92 Å². The lowest BCUT2D eigenvalue weighted by atomic mass is 9.84. The van der Waals surface area contributed by atoms with Gasteiger partial charge in [-0.1, -0.05) is 16.8 Å². The summed E-state index contributed by atoms with van der Waals surface area (Å²) in [4.78, 5) is 0. The molecule has 3 rings (SSSR count). The number of fused-ring (bicyclic) bond motifs is 1. The van der Waals surface area contributed by atoms with Gasteiger partial charge < -0.3 is 15.4 Å². The largest absolute Gasteiger partial charge is 0.506 e. The summed E-state index contributed by atoms with van der Waals surface area (Å²) in [6.07, 6.45) is 5.68. The van der Waals surface area contributed by atoms with Crippen LogP contribution in [-0.4, -0.2) is 10.3 Å². The average molecular weight is 279 g/mol. The molecule has 0 atom stereocenters. The van der Waals surface area contributed by atoms with Crippen LogP contribution in [0.15, 0.2) is 10.7 Å². The number of nitrogen functional groups attached to an aromatic ring is 1. The fourth-order valence-corrected chi connectivity index (χ4v) is 3.21. The highest BCUT2D eigenvalue weighted by molar-refractivity contribution is 6.33. The van der Waals surface area contributed by atoms with E-state index in [0.717, 1.165) is 36.8 Å². The van der Waals surface area contributed by atoms with Gasteiger partial charge in [0.25, 0.3) is 0 Å². The van der Waals surface area contributed by atoms with Crippen molar-refractivity contribution in [2.24, 2.45) is 0 Å². The molecule has 0 bridgehead atoms. The first-order valence-corrected chi connectivity index (χ1v) is 6.72. The first-order chi connectivity index (χ1) is 9.11. The van der Waals surface area contributed by atoms with Gasteiger partial charge in [-0.25, -0.2) is 0 Å². The molecule has 0 aliphatic heterocycles. The maximum absolute atomic E-state index is 10.4. The van der Waals surface area contributed by atoms with Crippen LogP contribution in [0.3, 0.4) is 0 Å². The van der Waals surface area contributed by atoms with Crippen LogP contribution < -0.4 is 5.73 Å². The Morgan fingerprint density at radius 1 is 1.32 bits per heavy atom. The summed E-state index contributed by atoms with van der Waals surface area (Å²) in [5, 5.41) is 14.5. The van der Waals surface area contributed by atoms with Gasteiger partial charge >= 0.3 is 0 Å². The maximum Gasteiger partial charge on any atom is 0.230 e. The Balaban J connectivity index is 2.32. The molecule has 2 aromatic rings. The molecule has 0 unspecified atom stereocenters. The number of hydrogen-bond donors (Lipinski definition) is 2. The quantitative estimate of drug-likeness (QED) is 0.838. The first-order valence-electron chi connectivity index (χ1n) is 6.34. The molecule has 1 aromatic heterocycles. The zero-order chi connectivity index (χ0) is 13.6. The fraction of sp³-hybridized carbons (Fsp3) is 0.357. The fourth-order valence-electron chi connectivity index (χ4n) is 2.91. The molecular formula is C14H15ClN2O2. The number of phenolic OH excluding ortho intramolecular Hbond substituents is 1. The van der Waals surface area contributed by atoms with Crippen LogP contribution in [0.4, 0.5) is 5.88 Å². The molecule has 1 aliphatic rings. The number of nitrogens with two attached hydrogens (primary N) is 1. The second kappa shape index (κ2) is 4.46. The number of benzene rings is 1. The van der Waals surface area contributed by atoms with Crippen molar-refractivity contribution in [2.45, 2.75) is 32.6 Å². The molecule has 4 nitrogen and oxygen atoms in total. The Labute approximate surface area is 116 Å². The number of halogens is 1. The smallest absolute Gasteiger partial charge is 0.230 e. The van der Waals surface area contributed by atoms with Gasteiger partial charge in [0, 0.05) is 5.56 Å². The van der Waals surface area contributed by atoms with Crippen molar-refractivity contribution in [3.8, 4) is 16.9 Å². The summed E-state index contributed by atoms with van der Waals surface area (Å²) in [5.41, 5.74) is 10.3. The lowest BCUT2D eigenvalue weighted by molar-refractivity contribution is 0.436. The zero-order valence-corrected chi connectivity index (χ0v) is 11.4. The standard InChI is InChI=1S/C14H15ClN2O2/c1-7-8-4-2-3-5-9(8)12(15)13(18)11(7)10-6-17-19-14(10)16/h6,18H,2-5,16H2,1H3. The molecule has 0 amide bonds. The van der Waals surface area contributed by atoms with Gasteiger partial charge in [-0.2, -0.15) is 0 Å². The molecule has 0 saturated carbocycles. The highest BCUT2D eigenvalue weighted by Gasteiger charge is 2.25. The monoisotopic (exact) mass is 278 g/mol. The van der Waals surface area contributed by atoms with Gasteiger partial charge in [0.05, 0.1) is 16.8 Å². The first kappa shape index (κ1) is 12.4. The minimum absolute atomic E-state index is 0.0784. The molecule has 100 valence electrons. The summed E-state index contributed by atoms with van der Waals surface area (Å²) in [6, 6.07) is 0. The number of phenols is 1. The molecule has 0 saturated heterocycles. The van der Waals surface area contributed by atoms with E-state index < -0.39 is 0 Å². The third-order valence-electron chi connectivity index (χ3n) is 3.87. The highest BCUT2D eigenvalue weighted by atomic mass is 35.5. The summed E-state index contributed by atoms with van der Waals surface area (Å²) in [7, 11) is 0. The van der Waals surface area contributed by atoms with Gasteiger partial charge in [0.2, 0.25) is 5.88 Å². The lowest BCUT2D eigenvalue weighted by Crippen LogP contribution is -2.07. The number of hydrogen-bond acceptors (Lipinski definition) is 4. The summed E-state index contributed by atoms with van der Waals surface area (Å²) < 4.78 is 4.89. The van der Waals surface area contributed by atoms with Crippen molar-refractivity contribution < 1.29 is 9.63 Å². The van der Waals surface area contributed by atoms with Gasteiger partial charge in [-0.15, -0.1) is 0 Å². The Kier molecular flexibility index (Phi) is 2.90. The van der Waals surface area contributed by atoms with E-state index in [0.29, 0.717) is 16.1 Å². The van der Waals surface area contributed by atoms with Crippen molar-refractivity contribution in [3.63, 3.8) is 0 Å². The van der Waals surface area contributed by atoms with Crippen LogP contribution >= 0.6 is 11.6 Å². The average Bonchev–Trinajstić information content (AvgIpc) is 2.83. The number of nitrogens with zero attached hydrogens (tertiary/aromatic N) is 1. The van der Waals surface area contributed by atoms with E-state index in [-0.39, 0.29) is 11.6 Å². The second-order valence-corrected chi connectivity index (χ2v) is 5.31. The Morgan fingerprint density at radius 2 is 2.00 bits per heavy atom. The van der Waals surface area contributed by atoms with E-state index in [1.807, 2.05) is 6.92 Å². The molecular weight excluding hydrogens is 264 g/mol. The van der Waals surface area contributed by atoms with Crippen LogP contribution in [-0.2, 0) is 12.8 Å². The summed E-state index contributed by atoms with van der Waals surface area (Å²) in [6.45, 7) is 1.99. The number of aromatic nitrogens is 1. The minimum Gasteiger partial charge on any atom is -0.506 e. The topological polar surface area (TPSA) is 72.3 Å². The van der Waals surface area contributed by atoms with Crippen molar-refractivity contribution in [2.75, 3.05) is 5.73 Å². The third-order valence-corrected chi connectivity index (χ3v) is 4.28. The van der Waals surface area contributed by atoms with E-state index in [1.165, 1.54) is 11.8 Å². The Morgan fingerprint density at radius 3 is 2.63 bits per heavy atom. The van der Waals surface area contributed by atoms with E-state index in [2.05, 4.69) is 5.16 Å². The minimum atomic E-state index is 0.0784. The van der Waals surface area contributed by atoms with Crippen molar-refractivity contribution in [3.05, 3.63) is 27.9 Å². The number of anilines is 1. The van der Waals surface area contributed by atoms with E-state index >= 15 is 0 Å². The molecule has 1 aliphatic carbocycles. The number of rotatable bonds is 1. The van der Waals surface area contributed by atoms with Crippen LogP contribution in [0.25, 0.3) is 11.1 Å². The van der Waals surface area contributed by atoms with E-state index in [1.54, 1.807) is 0 Å². The van der Waals surface area contributed by atoms with Crippen molar-refractivity contribution in [1.29, 1.82) is 0 Å². The zero-order valence-electron chi connectivity index (χ0n) is 10.7. The van der Waals surface area contributed by atoms with Gasteiger partial charge in [0.15, 0.2) is 0 Å². The summed E-state index contributed by atoms with van der Waals surface area (Å²) >= 11 is 6.32. The Bertz CT molecular complexity index is 649. The molecule has 0 spiro atoms. The third kappa shape index (κ3) is 1.78. The molecule has 19 heavy (non-hydrogen) atoms.